The number of nitrogens with one attached hydrogen (secondary N) is 1. The van der Waals surface area contributed by atoms with Crippen LogP contribution in [-0.2, 0) is 11.8 Å². The summed E-state index contributed by atoms with van der Waals surface area (Å²) in [5.74, 6) is -1.19. The van der Waals surface area contributed by atoms with Crippen LogP contribution in [0.1, 0.15) is 16.9 Å². The van der Waals surface area contributed by atoms with Crippen LogP contribution in [-0.4, -0.2) is 44.5 Å². The van der Waals surface area contributed by atoms with Gasteiger partial charge < -0.3 is 15.0 Å². The molecular weight excluding hydrogens is 286 g/mol. The van der Waals surface area contributed by atoms with Gasteiger partial charge in [-0.1, -0.05) is 0 Å². The van der Waals surface area contributed by atoms with Crippen LogP contribution in [0.3, 0.4) is 0 Å². The van der Waals surface area contributed by atoms with Crippen LogP contribution in [0.15, 0.2) is 12.3 Å². The second kappa shape index (κ2) is 6.94. The monoisotopic (exact) mass is 301 g/mol. The predicted molar refractivity (Wildman–Crippen MR) is 74.0 cm³/mol. The third-order valence-electron chi connectivity index (χ3n) is 2.65. The number of carboxylic acids is 1. The highest BCUT2D eigenvalue weighted by atomic mass is 32.2. The van der Waals surface area contributed by atoms with Gasteiger partial charge in [-0.05, 0) is 18.4 Å². The molecule has 1 rings (SSSR count). The van der Waals surface area contributed by atoms with Crippen molar-refractivity contribution in [3.63, 3.8) is 0 Å². The predicted octanol–water partition coefficient (Wildman–Crippen LogP) is 0.869. The molecule has 1 amide bonds. The molecule has 1 atom stereocenters. The van der Waals surface area contributed by atoms with Gasteiger partial charge in [-0.3, -0.25) is 14.9 Å². The van der Waals surface area contributed by atoms with Gasteiger partial charge in [-0.25, -0.2) is 4.79 Å². The van der Waals surface area contributed by atoms with Crippen molar-refractivity contribution in [2.45, 2.75) is 12.5 Å². The van der Waals surface area contributed by atoms with Gasteiger partial charge >= 0.3 is 5.97 Å². The van der Waals surface area contributed by atoms with Crippen LogP contribution in [0, 0.1) is 10.1 Å². The van der Waals surface area contributed by atoms with Crippen LogP contribution in [0.5, 0.6) is 0 Å². The number of amides is 1. The molecule has 9 heteroatoms. The number of rotatable bonds is 7. The molecule has 0 aliphatic carbocycles. The van der Waals surface area contributed by atoms with Crippen LogP contribution >= 0.6 is 11.8 Å². The molecular formula is C11H15N3O5S. The normalized spacial score (nSPS) is 11.9. The van der Waals surface area contributed by atoms with Crippen LogP contribution in [0.2, 0.25) is 0 Å². The Bertz CT molecular complexity index is 528. The van der Waals surface area contributed by atoms with Gasteiger partial charge in [0.05, 0.1) is 11.1 Å². The Morgan fingerprint density at radius 1 is 1.60 bits per heavy atom. The largest absolute Gasteiger partial charge is 0.480 e. The van der Waals surface area contributed by atoms with E-state index in [9.17, 15) is 19.7 Å². The quantitative estimate of drug-likeness (QED) is 0.570. The smallest absolute Gasteiger partial charge is 0.326 e. The maximum atomic E-state index is 12.0. The summed E-state index contributed by atoms with van der Waals surface area (Å²) in [6.45, 7) is 0. The summed E-state index contributed by atoms with van der Waals surface area (Å²) in [6, 6.07) is 0.104. The van der Waals surface area contributed by atoms with Gasteiger partial charge in [0.2, 0.25) is 0 Å². The molecule has 0 fully saturated rings. The van der Waals surface area contributed by atoms with Gasteiger partial charge in [0.15, 0.2) is 0 Å². The molecule has 0 aliphatic heterocycles. The zero-order chi connectivity index (χ0) is 15.3. The molecule has 0 aromatic carbocycles. The fourth-order valence-electron chi connectivity index (χ4n) is 1.60. The van der Waals surface area contributed by atoms with Crippen LogP contribution < -0.4 is 5.32 Å². The summed E-state index contributed by atoms with van der Waals surface area (Å²) in [6.07, 6.45) is 3.32. The Kier molecular flexibility index (Phi) is 5.56. The minimum atomic E-state index is -1.13. The van der Waals surface area contributed by atoms with Crippen molar-refractivity contribution in [1.82, 2.24) is 9.88 Å². The molecule has 20 heavy (non-hydrogen) atoms. The first-order valence-corrected chi connectivity index (χ1v) is 7.09. The highest BCUT2D eigenvalue weighted by molar-refractivity contribution is 7.98. The van der Waals surface area contributed by atoms with Gasteiger partial charge in [0.25, 0.3) is 11.6 Å². The zero-order valence-corrected chi connectivity index (χ0v) is 11.8. The van der Waals surface area contributed by atoms with E-state index in [1.165, 1.54) is 29.6 Å². The lowest BCUT2D eigenvalue weighted by Gasteiger charge is -2.13. The lowest BCUT2D eigenvalue weighted by atomic mass is 10.2. The van der Waals surface area contributed by atoms with Crippen molar-refractivity contribution in [3.05, 3.63) is 28.1 Å². The SMILES string of the molecule is CSCC[C@H](NC(=O)c1cc([N+](=O)[O-])cn1C)C(=O)O. The summed E-state index contributed by atoms with van der Waals surface area (Å²) in [4.78, 5) is 33.0. The lowest BCUT2D eigenvalue weighted by molar-refractivity contribution is -0.384. The number of carboxylic acid groups (broad SMARTS) is 1. The molecule has 0 spiro atoms. The number of carbonyl (C=O) groups is 2. The number of aryl methyl sites for hydroxylation is 1. The maximum absolute atomic E-state index is 12.0. The van der Waals surface area contributed by atoms with Crippen molar-refractivity contribution in [1.29, 1.82) is 0 Å². The highest BCUT2D eigenvalue weighted by Crippen LogP contribution is 2.15. The van der Waals surface area contributed by atoms with Crippen molar-refractivity contribution < 1.29 is 19.6 Å². The van der Waals surface area contributed by atoms with E-state index in [0.29, 0.717) is 5.75 Å². The van der Waals surface area contributed by atoms with E-state index < -0.39 is 22.8 Å². The summed E-state index contributed by atoms with van der Waals surface area (Å²) < 4.78 is 1.29. The number of hydrogen-bond donors (Lipinski definition) is 2. The Morgan fingerprint density at radius 3 is 2.70 bits per heavy atom. The molecule has 0 saturated carbocycles. The number of thioether (sulfide) groups is 1. The first kappa shape index (κ1) is 16.0. The van der Waals surface area contributed by atoms with Crippen LogP contribution in [0.25, 0.3) is 0 Å². The number of nitro groups is 1. The fourth-order valence-corrected chi connectivity index (χ4v) is 2.07. The fraction of sp³-hybridized carbons (Fsp3) is 0.455. The molecule has 0 radical (unpaired) electrons. The van der Waals surface area contributed by atoms with E-state index >= 15 is 0 Å². The summed E-state index contributed by atoms with van der Waals surface area (Å²) in [5, 5.41) is 22.0. The van der Waals surface area contributed by atoms with E-state index in [1.54, 1.807) is 0 Å². The molecule has 0 unspecified atom stereocenters. The minimum Gasteiger partial charge on any atom is -0.480 e. The summed E-state index contributed by atoms with van der Waals surface area (Å²) in [5.41, 5.74) is -0.166. The van der Waals surface area contributed by atoms with E-state index in [2.05, 4.69) is 5.32 Å². The van der Waals surface area contributed by atoms with Gasteiger partial charge in [-0.2, -0.15) is 11.8 Å². The lowest BCUT2D eigenvalue weighted by Crippen LogP contribution is -2.41. The molecule has 1 aromatic heterocycles. The van der Waals surface area contributed by atoms with E-state index in [-0.39, 0.29) is 17.8 Å². The molecule has 1 heterocycles. The second-order valence-corrected chi connectivity index (χ2v) is 5.08. The number of aromatic nitrogens is 1. The number of carbonyl (C=O) groups excluding carboxylic acids is 1. The first-order chi connectivity index (χ1) is 9.36. The molecule has 1 aromatic rings. The van der Waals surface area contributed by atoms with Gasteiger partial charge in [0, 0.05) is 13.1 Å². The number of aliphatic carboxylic acids is 1. The third kappa shape index (κ3) is 3.98. The van der Waals surface area contributed by atoms with Gasteiger partial charge in [0.1, 0.15) is 11.7 Å². The molecule has 2 N–H and O–H groups in total. The molecule has 0 bridgehead atoms. The minimum absolute atomic E-state index is 0.0482. The standard InChI is InChI=1S/C11H15N3O5S/c1-13-6-7(14(18)19)5-9(13)10(15)12-8(11(16)17)3-4-20-2/h5-6,8H,3-4H2,1-2H3,(H,12,15)(H,16,17)/t8-/m0/s1. The first-order valence-electron chi connectivity index (χ1n) is 5.70. The zero-order valence-electron chi connectivity index (χ0n) is 11.0. The van der Waals surface area contributed by atoms with Crippen LogP contribution in [0.4, 0.5) is 5.69 Å². The topological polar surface area (TPSA) is 114 Å². The van der Waals surface area contributed by atoms with E-state index in [0.717, 1.165) is 6.07 Å². The molecule has 8 nitrogen and oxygen atoms in total. The summed E-state index contributed by atoms with van der Waals surface area (Å²) >= 11 is 1.47. The average molecular weight is 301 g/mol. The second-order valence-electron chi connectivity index (χ2n) is 4.10. The molecule has 0 aliphatic rings. The maximum Gasteiger partial charge on any atom is 0.326 e. The Labute approximate surface area is 119 Å². The number of hydrogen-bond acceptors (Lipinski definition) is 5. The molecule has 0 saturated heterocycles. The average Bonchev–Trinajstić information content (AvgIpc) is 2.76. The van der Waals surface area contributed by atoms with E-state index in [4.69, 9.17) is 5.11 Å². The Hall–Kier alpha value is -2.03. The van der Waals surface area contributed by atoms with Crippen molar-refractivity contribution in [3.8, 4) is 0 Å². The van der Waals surface area contributed by atoms with E-state index in [1.807, 2.05) is 6.26 Å². The van der Waals surface area contributed by atoms with Gasteiger partial charge in [-0.15, -0.1) is 0 Å². The summed E-state index contributed by atoms with van der Waals surface area (Å²) in [7, 11) is 1.49. The van der Waals surface area contributed by atoms with Crippen molar-refractivity contribution >= 4 is 29.3 Å². The van der Waals surface area contributed by atoms with Crippen molar-refractivity contribution in [2.24, 2.45) is 7.05 Å². The number of nitrogens with zero attached hydrogens (tertiary/aromatic N) is 2. The Balaban J connectivity index is 2.83. The highest BCUT2D eigenvalue weighted by Gasteiger charge is 2.23. The third-order valence-corrected chi connectivity index (χ3v) is 3.29. The van der Waals surface area contributed by atoms with Crippen molar-refractivity contribution in [2.75, 3.05) is 12.0 Å². The molecule has 110 valence electrons. The Morgan fingerprint density at radius 2 is 2.25 bits per heavy atom.